The van der Waals surface area contributed by atoms with Crippen molar-refractivity contribution in [3.8, 4) is 0 Å². The van der Waals surface area contributed by atoms with Crippen molar-refractivity contribution in [2.24, 2.45) is 5.73 Å². The Morgan fingerprint density at radius 2 is 2.16 bits per heavy atom. The molecular formula is C11H14N4O4. The van der Waals surface area contributed by atoms with E-state index in [0.717, 1.165) is 11.0 Å². The number of nitrogens with zero attached hydrogens (tertiary/aromatic N) is 2. The second-order valence-corrected chi connectivity index (χ2v) is 3.68. The van der Waals surface area contributed by atoms with E-state index in [1.54, 1.807) is 6.20 Å². The minimum absolute atomic E-state index is 0.0231. The third-order valence-electron chi connectivity index (χ3n) is 2.21. The highest BCUT2D eigenvalue weighted by molar-refractivity contribution is 5.74. The number of H-pyrrole nitrogens is 1. The van der Waals surface area contributed by atoms with E-state index in [0.29, 0.717) is 0 Å². The van der Waals surface area contributed by atoms with Crippen LogP contribution in [0.1, 0.15) is 12.8 Å². The van der Waals surface area contributed by atoms with Crippen LogP contribution in [0.25, 0.3) is 11.0 Å². The minimum Gasteiger partial charge on any atom is -0.481 e. The molecule has 0 amide bonds. The number of carbonyl (C=O) groups is 2. The number of carboxylic acid groups (broad SMARTS) is 2. The number of aliphatic carboxylic acids is 2. The van der Waals surface area contributed by atoms with Crippen molar-refractivity contribution < 1.29 is 19.8 Å². The summed E-state index contributed by atoms with van der Waals surface area (Å²) < 4.78 is 0. The molecule has 102 valence electrons. The maximum Gasteiger partial charge on any atom is 0.320 e. The fourth-order valence-corrected chi connectivity index (χ4v) is 1.20. The molecule has 0 fully saturated rings. The van der Waals surface area contributed by atoms with E-state index in [1.165, 1.54) is 6.33 Å². The van der Waals surface area contributed by atoms with Crippen LogP contribution in [0.3, 0.4) is 0 Å². The molecule has 2 heterocycles. The van der Waals surface area contributed by atoms with Crippen LogP contribution in [-0.2, 0) is 9.59 Å². The van der Waals surface area contributed by atoms with Gasteiger partial charge in [0.15, 0.2) is 0 Å². The molecule has 0 spiro atoms. The molecular weight excluding hydrogens is 252 g/mol. The van der Waals surface area contributed by atoms with Crippen molar-refractivity contribution in [3.05, 3.63) is 24.8 Å². The van der Waals surface area contributed by atoms with E-state index in [4.69, 9.17) is 15.9 Å². The first kappa shape index (κ1) is 14.6. The van der Waals surface area contributed by atoms with Gasteiger partial charge >= 0.3 is 11.9 Å². The second kappa shape index (κ2) is 7.07. The molecule has 5 N–H and O–H groups in total. The number of aromatic nitrogens is 3. The first-order chi connectivity index (χ1) is 9.00. The van der Waals surface area contributed by atoms with Gasteiger partial charge in [0.05, 0.1) is 17.2 Å². The van der Waals surface area contributed by atoms with Crippen molar-refractivity contribution in [1.29, 1.82) is 0 Å². The lowest BCUT2D eigenvalue weighted by atomic mass is 10.2. The number of nitrogens with two attached hydrogens (primary N) is 1. The molecule has 0 radical (unpaired) electrons. The lowest BCUT2D eigenvalue weighted by molar-refractivity contribution is -0.139. The maximum atomic E-state index is 9.99. The molecule has 0 aromatic carbocycles. The summed E-state index contributed by atoms with van der Waals surface area (Å²) in [7, 11) is 0. The SMILES string of the molecule is N[C@@H](CCC(=O)O)C(=O)O.c1ncc2[nH]ccc2n1. The van der Waals surface area contributed by atoms with E-state index in [1.807, 2.05) is 12.3 Å². The molecule has 0 aliphatic heterocycles. The van der Waals surface area contributed by atoms with Crippen LogP contribution >= 0.6 is 0 Å². The standard InChI is InChI=1S/C6H5N3.C5H9NO4/c1-2-8-6-3-7-4-9-5(1)6;6-3(5(9)10)1-2-4(7)8/h1-4,8H;3H,1-2,6H2,(H,7,8)(H,9,10)/t;3-/m.0/s1. The number of fused-ring (bicyclic) bond motifs is 1. The molecule has 1 atom stereocenters. The Balaban J connectivity index is 0.000000190. The summed E-state index contributed by atoms with van der Waals surface area (Å²) in [6.07, 6.45) is 4.91. The molecule has 2 aromatic rings. The van der Waals surface area contributed by atoms with Crippen LogP contribution in [0.5, 0.6) is 0 Å². The van der Waals surface area contributed by atoms with E-state index in [9.17, 15) is 9.59 Å². The molecule has 2 rings (SSSR count). The maximum absolute atomic E-state index is 9.99. The first-order valence-corrected chi connectivity index (χ1v) is 5.44. The largest absolute Gasteiger partial charge is 0.481 e. The zero-order valence-corrected chi connectivity index (χ0v) is 9.98. The second-order valence-electron chi connectivity index (χ2n) is 3.68. The monoisotopic (exact) mass is 266 g/mol. The fraction of sp³-hybridized carbons (Fsp3) is 0.273. The third-order valence-corrected chi connectivity index (χ3v) is 2.21. The Labute approximate surface area is 108 Å². The number of carboxylic acids is 2. The quantitative estimate of drug-likeness (QED) is 0.619. The normalized spacial score (nSPS) is 11.4. The van der Waals surface area contributed by atoms with Gasteiger partial charge < -0.3 is 20.9 Å². The van der Waals surface area contributed by atoms with Gasteiger partial charge in [0, 0.05) is 12.6 Å². The van der Waals surface area contributed by atoms with Crippen molar-refractivity contribution in [3.63, 3.8) is 0 Å². The van der Waals surface area contributed by atoms with Gasteiger partial charge in [-0.05, 0) is 12.5 Å². The van der Waals surface area contributed by atoms with Crippen LogP contribution in [0.2, 0.25) is 0 Å². The van der Waals surface area contributed by atoms with Crippen molar-refractivity contribution >= 4 is 23.0 Å². The predicted molar refractivity (Wildman–Crippen MR) is 66.4 cm³/mol. The number of aromatic amines is 1. The summed E-state index contributed by atoms with van der Waals surface area (Å²) in [5.41, 5.74) is 6.95. The van der Waals surface area contributed by atoms with Crippen molar-refractivity contribution in [2.45, 2.75) is 18.9 Å². The van der Waals surface area contributed by atoms with E-state index in [2.05, 4.69) is 15.0 Å². The lowest BCUT2D eigenvalue weighted by Gasteiger charge is -2.01. The zero-order valence-electron chi connectivity index (χ0n) is 9.98. The van der Waals surface area contributed by atoms with Crippen molar-refractivity contribution in [1.82, 2.24) is 15.0 Å². The molecule has 19 heavy (non-hydrogen) atoms. The Morgan fingerprint density at radius 1 is 1.42 bits per heavy atom. The van der Waals surface area contributed by atoms with Gasteiger partial charge in [-0.1, -0.05) is 0 Å². The Morgan fingerprint density at radius 3 is 2.74 bits per heavy atom. The van der Waals surface area contributed by atoms with Gasteiger partial charge in [-0.3, -0.25) is 9.59 Å². The molecule has 0 bridgehead atoms. The molecule has 2 aromatic heterocycles. The first-order valence-electron chi connectivity index (χ1n) is 5.44. The highest BCUT2D eigenvalue weighted by atomic mass is 16.4. The van der Waals surface area contributed by atoms with E-state index < -0.39 is 18.0 Å². The Hall–Kier alpha value is -2.48. The fourth-order valence-electron chi connectivity index (χ4n) is 1.20. The molecule has 8 nitrogen and oxygen atoms in total. The van der Waals surface area contributed by atoms with Gasteiger partial charge in [-0.25, -0.2) is 9.97 Å². The summed E-state index contributed by atoms with van der Waals surface area (Å²) in [6.45, 7) is 0. The predicted octanol–water partition coefficient (Wildman–Crippen LogP) is 0.221. The molecule has 0 aliphatic rings. The zero-order chi connectivity index (χ0) is 14.3. The molecule has 0 unspecified atom stereocenters. The topological polar surface area (TPSA) is 142 Å². The van der Waals surface area contributed by atoms with Gasteiger partial charge in [-0.2, -0.15) is 0 Å². The van der Waals surface area contributed by atoms with Gasteiger partial charge in [0.1, 0.15) is 12.4 Å². The van der Waals surface area contributed by atoms with Crippen LogP contribution in [0.15, 0.2) is 24.8 Å². The molecule has 0 aliphatic carbocycles. The van der Waals surface area contributed by atoms with Crippen LogP contribution < -0.4 is 5.73 Å². The number of hydrogen-bond donors (Lipinski definition) is 4. The van der Waals surface area contributed by atoms with E-state index in [-0.39, 0.29) is 12.8 Å². The highest BCUT2D eigenvalue weighted by Gasteiger charge is 2.12. The third kappa shape index (κ3) is 5.13. The highest BCUT2D eigenvalue weighted by Crippen LogP contribution is 2.03. The average molecular weight is 266 g/mol. The van der Waals surface area contributed by atoms with E-state index >= 15 is 0 Å². The molecule has 0 saturated carbocycles. The summed E-state index contributed by atoms with van der Waals surface area (Å²) in [6, 6.07) is 0.855. The number of hydrogen-bond acceptors (Lipinski definition) is 5. The van der Waals surface area contributed by atoms with Crippen LogP contribution in [0, 0.1) is 0 Å². The Kier molecular flexibility index (Phi) is 5.42. The Bertz CT molecular complexity index is 524. The number of rotatable bonds is 4. The average Bonchev–Trinajstić information content (AvgIpc) is 2.84. The molecule has 8 heteroatoms. The van der Waals surface area contributed by atoms with Gasteiger partial charge in [-0.15, -0.1) is 0 Å². The lowest BCUT2D eigenvalue weighted by Crippen LogP contribution is -2.30. The summed E-state index contributed by atoms with van der Waals surface area (Å²) in [5, 5.41) is 16.3. The van der Waals surface area contributed by atoms with Crippen LogP contribution in [-0.4, -0.2) is 43.1 Å². The smallest absolute Gasteiger partial charge is 0.320 e. The summed E-state index contributed by atoms with van der Waals surface area (Å²) >= 11 is 0. The summed E-state index contributed by atoms with van der Waals surface area (Å²) in [5.74, 6) is -2.20. The summed E-state index contributed by atoms with van der Waals surface area (Å²) in [4.78, 5) is 30.7. The van der Waals surface area contributed by atoms with Gasteiger partial charge in [0.2, 0.25) is 0 Å². The van der Waals surface area contributed by atoms with Crippen molar-refractivity contribution in [2.75, 3.05) is 0 Å². The molecule has 0 saturated heterocycles. The number of nitrogens with one attached hydrogen (secondary N) is 1. The minimum atomic E-state index is -1.17. The van der Waals surface area contributed by atoms with Gasteiger partial charge in [0.25, 0.3) is 0 Å². The van der Waals surface area contributed by atoms with Crippen LogP contribution in [0.4, 0.5) is 0 Å².